The molecule has 0 saturated heterocycles. The number of nitriles is 1. The molecule has 1 rings (SSSR count). The summed E-state index contributed by atoms with van der Waals surface area (Å²) in [4.78, 5) is 11.8. The van der Waals surface area contributed by atoms with E-state index in [4.69, 9.17) is 10.00 Å². The number of rotatable bonds is 3. The summed E-state index contributed by atoms with van der Waals surface area (Å²) in [6.45, 7) is 5.44. The summed E-state index contributed by atoms with van der Waals surface area (Å²) in [6.07, 6.45) is 2.43. The van der Waals surface area contributed by atoms with Crippen molar-refractivity contribution in [2.24, 2.45) is 5.41 Å². The van der Waals surface area contributed by atoms with E-state index < -0.39 is 17.1 Å². The van der Waals surface area contributed by atoms with Crippen molar-refractivity contribution in [1.82, 2.24) is 0 Å². The number of hydrogen-bond acceptors (Lipinski definition) is 4. The third-order valence-corrected chi connectivity index (χ3v) is 3.22. The molecule has 0 radical (unpaired) electrons. The lowest BCUT2D eigenvalue weighted by Crippen LogP contribution is -2.36. The maximum atomic E-state index is 11.8. The van der Waals surface area contributed by atoms with Crippen LogP contribution in [0.5, 0.6) is 0 Å². The van der Waals surface area contributed by atoms with Crippen molar-refractivity contribution in [1.29, 1.82) is 5.26 Å². The molecule has 1 unspecified atom stereocenters. The van der Waals surface area contributed by atoms with E-state index in [9.17, 15) is 9.90 Å². The molecule has 0 heterocycles. The quantitative estimate of drug-likeness (QED) is 0.605. The first-order chi connectivity index (χ1) is 7.79. The SMILES string of the molecule is CC(C)(C)OC(=O)CC1(C(O)C#N)CCCC1. The zero-order valence-electron chi connectivity index (χ0n) is 10.8. The van der Waals surface area contributed by atoms with Crippen LogP contribution in [0.3, 0.4) is 0 Å². The smallest absolute Gasteiger partial charge is 0.307 e. The van der Waals surface area contributed by atoms with Gasteiger partial charge in [-0.15, -0.1) is 0 Å². The van der Waals surface area contributed by atoms with E-state index in [-0.39, 0.29) is 12.4 Å². The molecular weight excluding hydrogens is 218 g/mol. The van der Waals surface area contributed by atoms with Crippen LogP contribution < -0.4 is 0 Å². The van der Waals surface area contributed by atoms with Gasteiger partial charge in [-0.25, -0.2) is 0 Å². The second-order valence-corrected chi connectivity index (χ2v) is 5.86. The Balaban J connectivity index is 2.69. The van der Waals surface area contributed by atoms with Gasteiger partial charge in [0.15, 0.2) is 0 Å². The Morgan fingerprint density at radius 3 is 2.41 bits per heavy atom. The second-order valence-electron chi connectivity index (χ2n) is 5.86. The molecular formula is C13H21NO3. The number of aliphatic hydroxyl groups is 1. The van der Waals surface area contributed by atoms with E-state index in [0.29, 0.717) is 0 Å². The number of ether oxygens (including phenoxy) is 1. The molecule has 96 valence electrons. The summed E-state index contributed by atoms with van der Waals surface area (Å²) in [5.74, 6) is -0.325. The lowest BCUT2D eigenvalue weighted by Gasteiger charge is -2.30. The van der Waals surface area contributed by atoms with Crippen molar-refractivity contribution in [2.45, 2.75) is 64.6 Å². The molecule has 0 spiro atoms. The molecule has 1 aliphatic rings. The van der Waals surface area contributed by atoms with E-state index in [1.807, 2.05) is 26.8 Å². The Morgan fingerprint density at radius 1 is 1.47 bits per heavy atom. The average molecular weight is 239 g/mol. The van der Waals surface area contributed by atoms with Crippen LogP contribution in [0.15, 0.2) is 0 Å². The number of carbonyl (C=O) groups excluding carboxylic acids is 1. The lowest BCUT2D eigenvalue weighted by molar-refractivity contribution is -0.159. The standard InChI is InChI=1S/C13H21NO3/c1-12(2,3)17-11(16)8-13(10(15)9-14)6-4-5-7-13/h10,15H,4-8H2,1-3H3. The van der Waals surface area contributed by atoms with Gasteiger partial charge in [-0.1, -0.05) is 12.8 Å². The molecule has 0 aromatic rings. The highest BCUT2D eigenvalue weighted by Gasteiger charge is 2.43. The first-order valence-electron chi connectivity index (χ1n) is 6.09. The Kier molecular flexibility index (Phi) is 4.16. The van der Waals surface area contributed by atoms with E-state index in [2.05, 4.69) is 0 Å². The summed E-state index contributed by atoms with van der Waals surface area (Å²) in [7, 11) is 0. The van der Waals surface area contributed by atoms with Crippen molar-refractivity contribution in [3.05, 3.63) is 0 Å². The van der Waals surface area contributed by atoms with Gasteiger partial charge >= 0.3 is 5.97 Å². The molecule has 1 atom stereocenters. The Labute approximate surface area is 103 Å². The number of nitrogens with zero attached hydrogens (tertiary/aromatic N) is 1. The van der Waals surface area contributed by atoms with Crippen molar-refractivity contribution < 1.29 is 14.6 Å². The predicted octanol–water partition coefficient (Wildman–Crippen LogP) is 2.16. The largest absolute Gasteiger partial charge is 0.460 e. The first kappa shape index (κ1) is 14.0. The van der Waals surface area contributed by atoms with Crippen LogP contribution >= 0.6 is 0 Å². The number of esters is 1. The zero-order valence-corrected chi connectivity index (χ0v) is 10.8. The third-order valence-electron chi connectivity index (χ3n) is 3.22. The first-order valence-corrected chi connectivity index (χ1v) is 6.09. The summed E-state index contributed by atoms with van der Waals surface area (Å²) in [6, 6.07) is 1.86. The zero-order chi connectivity index (χ0) is 13.1. The molecule has 0 aliphatic heterocycles. The van der Waals surface area contributed by atoms with Crippen LogP contribution in [0.4, 0.5) is 0 Å². The van der Waals surface area contributed by atoms with Crippen LogP contribution in [-0.4, -0.2) is 22.8 Å². The fourth-order valence-electron chi connectivity index (χ4n) is 2.43. The molecule has 1 N–H and O–H groups in total. The Hall–Kier alpha value is -1.08. The molecule has 4 heteroatoms. The number of hydrogen-bond donors (Lipinski definition) is 1. The molecule has 1 aliphatic carbocycles. The van der Waals surface area contributed by atoms with Crippen LogP contribution in [0, 0.1) is 16.7 Å². The van der Waals surface area contributed by atoms with Gasteiger partial charge < -0.3 is 9.84 Å². The fraction of sp³-hybridized carbons (Fsp3) is 0.846. The molecule has 0 aromatic heterocycles. The van der Waals surface area contributed by atoms with Crippen LogP contribution in [0.1, 0.15) is 52.9 Å². The van der Waals surface area contributed by atoms with E-state index in [0.717, 1.165) is 25.7 Å². The number of aliphatic hydroxyl groups excluding tert-OH is 1. The minimum atomic E-state index is -1.07. The Bertz CT molecular complexity index is 319. The molecule has 17 heavy (non-hydrogen) atoms. The van der Waals surface area contributed by atoms with E-state index in [1.165, 1.54) is 0 Å². The van der Waals surface area contributed by atoms with Crippen LogP contribution in [0.2, 0.25) is 0 Å². The molecule has 0 amide bonds. The van der Waals surface area contributed by atoms with E-state index in [1.54, 1.807) is 0 Å². The molecule has 1 fully saturated rings. The lowest BCUT2D eigenvalue weighted by atomic mass is 9.78. The summed E-state index contributed by atoms with van der Waals surface area (Å²) < 4.78 is 5.26. The summed E-state index contributed by atoms with van der Waals surface area (Å²) >= 11 is 0. The van der Waals surface area contributed by atoms with Crippen molar-refractivity contribution in [3.63, 3.8) is 0 Å². The van der Waals surface area contributed by atoms with Crippen molar-refractivity contribution >= 4 is 5.97 Å². The van der Waals surface area contributed by atoms with Crippen molar-refractivity contribution in [2.75, 3.05) is 0 Å². The Morgan fingerprint density at radius 2 is 2.00 bits per heavy atom. The second kappa shape index (κ2) is 5.05. The van der Waals surface area contributed by atoms with Gasteiger partial charge in [0.25, 0.3) is 0 Å². The van der Waals surface area contributed by atoms with Crippen molar-refractivity contribution in [3.8, 4) is 6.07 Å². The highest BCUT2D eigenvalue weighted by molar-refractivity contribution is 5.71. The van der Waals surface area contributed by atoms with Gasteiger partial charge in [0.1, 0.15) is 11.7 Å². The topological polar surface area (TPSA) is 70.3 Å². The maximum Gasteiger partial charge on any atom is 0.307 e. The van der Waals surface area contributed by atoms with E-state index >= 15 is 0 Å². The number of carbonyl (C=O) groups is 1. The van der Waals surface area contributed by atoms with Crippen LogP contribution in [0.25, 0.3) is 0 Å². The summed E-state index contributed by atoms with van der Waals surface area (Å²) in [5, 5.41) is 18.6. The normalized spacial score (nSPS) is 20.6. The molecule has 4 nitrogen and oxygen atoms in total. The van der Waals surface area contributed by atoms with Gasteiger partial charge in [-0.2, -0.15) is 5.26 Å². The highest BCUT2D eigenvalue weighted by atomic mass is 16.6. The van der Waals surface area contributed by atoms with Gasteiger partial charge in [0.05, 0.1) is 12.5 Å². The van der Waals surface area contributed by atoms with Gasteiger partial charge in [-0.05, 0) is 33.6 Å². The van der Waals surface area contributed by atoms with Gasteiger partial charge in [-0.3, -0.25) is 4.79 Å². The minimum absolute atomic E-state index is 0.138. The maximum absolute atomic E-state index is 11.8. The summed E-state index contributed by atoms with van der Waals surface area (Å²) in [5.41, 5.74) is -1.11. The molecule has 1 saturated carbocycles. The fourth-order valence-corrected chi connectivity index (χ4v) is 2.43. The molecule has 0 aromatic carbocycles. The molecule has 0 bridgehead atoms. The average Bonchev–Trinajstić information content (AvgIpc) is 2.63. The van der Waals surface area contributed by atoms with Gasteiger partial charge in [0.2, 0.25) is 0 Å². The third kappa shape index (κ3) is 3.71. The predicted molar refractivity (Wildman–Crippen MR) is 63.0 cm³/mol. The monoisotopic (exact) mass is 239 g/mol. The van der Waals surface area contributed by atoms with Gasteiger partial charge in [0, 0.05) is 5.41 Å². The highest BCUT2D eigenvalue weighted by Crippen LogP contribution is 2.44. The minimum Gasteiger partial charge on any atom is -0.460 e. The van der Waals surface area contributed by atoms with Crippen LogP contribution in [-0.2, 0) is 9.53 Å².